The Labute approximate surface area is 119 Å². The lowest BCUT2D eigenvalue weighted by atomic mass is 10.3. The number of nitrogens with one attached hydrogen (secondary N) is 1. The summed E-state index contributed by atoms with van der Waals surface area (Å²) in [6.45, 7) is 0. The number of anilines is 1. The second-order valence-electron chi connectivity index (χ2n) is 4.03. The number of halogens is 3. The van der Waals surface area contributed by atoms with Crippen LogP contribution in [0.3, 0.4) is 0 Å². The van der Waals surface area contributed by atoms with E-state index >= 15 is 0 Å². The average molecular weight is 317 g/mol. The third-order valence-corrected chi connectivity index (χ3v) is 3.97. The normalized spacial score (nSPS) is 11.2. The van der Waals surface area contributed by atoms with Crippen LogP contribution in [0.25, 0.3) is 0 Å². The largest absolute Gasteiger partial charge is 0.494 e. The highest BCUT2D eigenvalue weighted by atomic mass is 32.2. The molecule has 0 bridgehead atoms. The van der Waals surface area contributed by atoms with Crippen molar-refractivity contribution < 1.29 is 26.3 Å². The molecule has 2 aromatic carbocycles. The van der Waals surface area contributed by atoms with E-state index in [-0.39, 0.29) is 5.75 Å². The number of sulfonamides is 1. The van der Waals surface area contributed by atoms with E-state index in [1.807, 2.05) is 4.72 Å². The van der Waals surface area contributed by atoms with Crippen molar-refractivity contribution in [3.05, 3.63) is 53.8 Å². The molecule has 0 heterocycles. The molecule has 0 aliphatic heterocycles. The predicted octanol–water partition coefficient (Wildman–Crippen LogP) is 2.91. The topological polar surface area (TPSA) is 55.4 Å². The van der Waals surface area contributed by atoms with Gasteiger partial charge in [-0.2, -0.15) is 0 Å². The van der Waals surface area contributed by atoms with Gasteiger partial charge >= 0.3 is 0 Å². The first kappa shape index (κ1) is 15.2. The lowest BCUT2D eigenvalue weighted by Crippen LogP contribution is -2.14. The smallest absolute Gasteiger partial charge is 0.262 e. The Morgan fingerprint density at radius 1 is 1.00 bits per heavy atom. The maximum Gasteiger partial charge on any atom is 0.262 e. The van der Waals surface area contributed by atoms with E-state index in [0.29, 0.717) is 6.07 Å². The molecule has 2 aromatic rings. The maximum absolute atomic E-state index is 13.5. The van der Waals surface area contributed by atoms with Crippen LogP contribution in [0.2, 0.25) is 0 Å². The van der Waals surface area contributed by atoms with Crippen LogP contribution in [0.4, 0.5) is 18.9 Å². The lowest BCUT2D eigenvalue weighted by Gasteiger charge is -2.10. The zero-order chi connectivity index (χ0) is 15.6. The molecular formula is C13H10F3NO3S. The van der Waals surface area contributed by atoms with Crippen molar-refractivity contribution in [1.82, 2.24) is 0 Å². The van der Waals surface area contributed by atoms with E-state index < -0.39 is 38.1 Å². The standard InChI is InChI=1S/C13H10F3NO3S/c1-20-13-5-3-9(7-11(13)16)21(18,19)17-12-4-2-8(14)6-10(12)15/h2-7,17H,1H3. The van der Waals surface area contributed by atoms with E-state index in [4.69, 9.17) is 0 Å². The second-order valence-corrected chi connectivity index (χ2v) is 5.71. The minimum atomic E-state index is -4.20. The summed E-state index contributed by atoms with van der Waals surface area (Å²) in [5.41, 5.74) is -0.437. The molecule has 0 amide bonds. The van der Waals surface area contributed by atoms with Crippen molar-refractivity contribution in [3.63, 3.8) is 0 Å². The Kier molecular flexibility index (Phi) is 4.08. The van der Waals surface area contributed by atoms with E-state index in [1.165, 1.54) is 7.11 Å². The molecule has 0 spiro atoms. The number of ether oxygens (including phenoxy) is 1. The molecule has 21 heavy (non-hydrogen) atoms. The summed E-state index contributed by atoms with van der Waals surface area (Å²) >= 11 is 0. The Balaban J connectivity index is 2.36. The molecule has 2 rings (SSSR count). The molecule has 0 saturated carbocycles. The summed E-state index contributed by atoms with van der Waals surface area (Å²) in [5.74, 6) is -2.92. The Morgan fingerprint density at radius 3 is 2.29 bits per heavy atom. The van der Waals surface area contributed by atoms with Gasteiger partial charge in [0.1, 0.15) is 11.6 Å². The molecule has 0 saturated heterocycles. The van der Waals surface area contributed by atoms with Crippen molar-refractivity contribution in [2.24, 2.45) is 0 Å². The fourth-order valence-electron chi connectivity index (χ4n) is 1.59. The summed E-state index contributed by atoms with van der Waals surface area (Å²) in [7, 11) is -2.97. The zero-order valence-corrected chi connectivity index (χ0v) is 11.5. The summed E-state index contributed by atoms with van der Waals surface area (Å²) in [4.78, 5) is -0.412. The molecule has 0 aliphatic carbocycles. The van der Waals surface area contributed by atoms with Crippen LogP contribution >= 0.6 is 0 Å². The van der Waals surface area contributed by atoms with Gasteiger partial charge in [0.05, 0.1) is 17.7 Å². The number of hydrogen-bond donors (Lipinski definition) is 1. The third kappa shape index (κ3) is 3.27. The quantitative estimate of drug-likeness (QED) is 0.943. The Bertz CT molecular complexity index is 778. The first-order chi connectivity index (χ1) is 9.83. The minimum absolute atomic E-state index is 0.123. The number of benzene rings is 2. The lowest BCUT2D eigenvalue weighted by molar-refractivity contribution is 0.385. The van der Waals surface area contributed by atoms with Gasteiger partial charge in [-0.3, -0.25) is 4.72 Å². The van der Waals surface area contributed by atoms with Crippen LogP contribution < -0.4 is 9.46 Å². The van der Waals surface area contributed by atoms with Gasteiger partial charge in [0, 0.05) is 6.07 Å². The highest BCUT2D eigenvalue weighted by molar-refractivity contribution is 7.92. The Morgan fingerprint density at radius 2 is 1.71 bits per heavy atom. The highest BCUT2D eigenvalue weighted by Crippen LogP contribution is 2.23. The fraction of sp³-hybridized carbons (Fsp3) is 0.0769. The summed E-state index contributed by atoms with van der Waals surface area (Å²) in [5, 5.41) is 0. The molecular weight excluding hydrogens is 307 g/mol. The van der Waals surface area contributed by atoms with Gasteiger partial charge in [-0.25, -0.2) is 21.6 Å². The van der Waals surface area contributed by atoms with Crippen molar-refractivity contribution >= 4 is 15.7 Å². The van der Waals surface area contributed by atoms with Crippen LogP contribution in [-0.2, 0) is 10.0 Å². The number of rotatable bonds is 4. The number of methoxy groups -OCH3 is 1. The van der Waals surface area contributed by atoms with E-state index in [1.54, 1.807) is 0 Å². The molecule has 4 nitrogen and oxygen atoms in total. The first-order valence-corrected chi connectivity index (χ1v) is 7.13. The van der Waals surface area contributed by atoms with Gasteiger partial charge in [0.15, 0.2) is 11.6 Å². The molecule has 112 valence electrons. The van der Waals surface area contributed by atoms with Crippen LogP contribution in [0.15, 0.2) is 41.3 Å². The molecule has 0 atom stereocenters. The van der Waals surface area contributed by atoms with Crippen molar-refractivity contribution in [1.29, 1.82) is 0 Å². The maximum atomic E-state index is 13.5. The van der Waals surface area contributed by atoms with Crippen LogP contribution in [0, 0.1) is 17.5 Å². The van der Waals surface area contributed by atoms with E-state index in [2.05, 4.69) is 4.74 Å². The van der Waals surface area contributed by atoms with Gasteiger partial charge in [0.2, 0.25) is 0 Å². The molecule has 8 heteroatoms. The Hall–Kier alpha value is -2.22. The van der Waals surface area contributed by atoms with Crippen molar-refractivity contribution in [3.8, 4) is 5.75 Å². The van der Waals surface area contributed by atoms with E-state index in [0.717, 1.165) is 30.3 Å². The first-order valence-electron chi connectivity index (χ1n) is 5.65. The fourth-order valence-corrected chi connectivity index (χ4v) is 2.67. The molecule has 0 unspecified atom stereocenters. The van der Waals surface area contributed by atoms with Crippen LogP contribution in [0.1, 0.15) is 0 Å². The molecule has 0 radical (unpaired) electrons. The molecule has 0 fully saturated rings. The third-order valence-electron chi connectivity index (χ3n) is 2.61. The van der Waals surface area contributed by atoms with Gasteiger partial charge in [-0.1, -0.05) is 0 Å². The zero-order valence-electron chi connectivity index (χ0n) is 10.7. The predicted molar refractivity (Wildman–Crippen MR) is 70.1 cm³/mol. The second kappa shape index (κ2) is 5.65. The van der Waals surface area contributed by atoms with Crippen LogP contribution in [-0.4, -0.2) is 15.5 Å². The highest BCUT2D eigenvalue weighted by Gasteiger charge is 2.18. The van der Waals surface area contributed by atoms with Gasteiger partial charge in [-0.05, 0) is 30.3 Å². The summed E-state index contributed by atoms with van der Waals surface area (Å²) < 4.78 is 70.3. The van der Waals surface area contributed by atoms with Crippen molar-refractivity contribution in [2.45, 2.75) is 4.90 Å². The molecule has 0 aliphatic rings. The average Bonchev–Trinajstić information content (AvgIpc) is 2.42. The SMILES string of the molecule is COc1ccc(S(=O)(=O)Nc2ccc(F)cc2F)cc1F. The van der Waals surface area contributed by atoms with Gasteiger partial charge < -0.3 is 4.74 Å². The van der Waals surface area contributed by atoms with Gasteiger partial charge in [-0.15, -0.1) is 0 Å². The molecule has 1 N–H and O–H groups in total. The van der Waals surface area contributed by atoms with Gasteiger partial charge in [0.25, 0.3) is 10.0 Å². The van der Waals surface area contributed by atoms with Crippen molar-refractivity contribution in [2.75, 3.05) is 11.8 Å². The summed E-state index contributed by atoms with van der Waals surface area (Å²) in [6, 6.07) is 5.34. The van der Waals surface area contributed by atoms with E-state index in [9.17, 15) is 21.6 Å². The minimum Gasteiger partial charge on any atom is -0.494 e. The number of hydrogen-bond acceptors (Lipinski definition) is 3. The summed E-state index contributed by atoms with van der Waals surface area (Å²) in [6.07, 6.45) is 0. The van der Waals surface area contributed by atoms with Crippen LogP contribution in [0.5, 0.6) is 5.75 Å². The monoisotopic (exact) mass is 317 g/mol. The molecule has 0 aromatic heterocycles.